The Bertz CT molecular complexity index is 1760. The summed E-state index contributed by atoms with van der Waals surface area (Å²) in [4.78, 5) is 38.3. The van der Waals surface area contributed by atoms with Crippen molar-refractivity contribution in [1.29, 1.82) is 0 Å². The monoisotopic (exact) mass is 1120 g/mol. The number of esters is 3. The molecule has 1 unspecified atom stereocenters. The molecule has 0 spiro atoms. The normalized spacial score (nSPS) is 13.1. The number of hydrogen-bond acceptors (Lipinski definition) is 6. The molecular weight excluding hydrogens is 997 g/mol. The highest BCUT2D eigenvalue weighted by molar-refractivity contribution is 5.72. The quantitative estimate of drug-likeness (QED) is 0.0261. The lowest BCUT2D eigenvalue weighted by Crippen LogP contribution is -2.30. The predicted molar refractivity (Wildman–Crippen MR) is 352 cm³/mol. The van der Waals surface area contributed by atoms with Gasteiger partial charge in [0.25, 0.3) is 0 Å². The standard InChI is InChI=1S/C75H122O6/c1-4-7-10-13-16-19-22-25-28-30-32-34-35-36-37-38-39-41-42-44-47-50-53-56-59-62-65-68-74(77)80-71-72(70-79-73(76)67-64-61-58-55-52-49-46-27-24-21-18-15-12-9-6-3)81-75(78)69-66-63-60-57-54-51-48-45-43-40-33-31-29-26-23-20-17-14-11-8-5-2/h8-9,11-12,17-18,20-22,25-27,29-30,32-33,35-36,40,46,52,55,61,64,72H,4-7,10,13-16,19,23-24,28,31,34,37-39,41-45,47-51,53-54,56-60,62-63,65-71H2,1-3H3/b11-8-,12-9-,20-17-,21-18-,25-22-,29-26-,32-30-,36-35-,40-33-,46-27-,55-52-,64-61-. The summed E-state index contributed by atoms with van der Waals surface area (Å²) in [5.74, 6) is -1.06. The second-order valence-corrected chi connectivity index (χ2v) is 21.6. The zero-order chi connectivity index (χ0) is 58.5. The summed E-state index contributed by atoms with van der Waals surface area (Å²) >= 11 is 0. The van der Waals surface area contributed by atoms with Gasteiger partial charge in [-0.2, -0.15) is 0 Å². The van der Waals surface area contributed by atoms with Gasteiger partial charge < -0.3 is 14.2 Å². The summed E-state index contributed by atoms with van der Waals surface area (Å²) < 4.78 is 16.8. The van der Waals surface area contributed by atoms with Crippen molar-refractivity contribution in [1.82, 2.24) is 0 Å². The summed E-state index contributed by atoms with van der Waals surface area (Å²) in [7, 11) is 0. The second kappa shape index (κ2) is 67.8. The highest BCUT2D eigenvalue weighted by Crippen LogP contribution is 2.16. The molecule has 0 saturated carbocycles. The molecule has 0 aromatic rings. The molecule has 0 aromatic heterocycles. The Balaban J connectivity index is 4.42. The fourth-order valence-electron chi connectivity index (χ4n) is 8.93. The highest BCUT2D eigenvalue weighted by Gasteiger charge is 2.19. The van der Waals surface area contributed by atoms with Crippen molar-refractivity contribution in [2.45, 2.75) is 297 Å². The first-order valence-electron chi connectivity index (χ1n) is 33.3. The van der Waals surface area contributed by atoms with Crippen LogP contribution in [-0.4, -0.2) is 37.2 Å². The van der Waals surface area contributed by atoms with E-state index in [4.69, 9.17) is 14.2 Å². The Morgan fingerprint density at radius 1 is 0.272 bits per heavy atom. The molecule has 0 rings (SSSR count). The van der Waals surface area contributed by atoms with E-state index in [-0.39, 0.29) is 31.6 Å². The summed E-state index contributed by atoms with van der Waals surface area (Å²) in [5, 5.41) is 0. The molecule has 81 heavy (non-hydrogen) atoms. The van der Waals surface area contributed by atoms with E-state index < -0.39 is 12.1 Å². The number of carbonyl (C=O) groups is 3. The molecule has 6 nitrogen and oxygen atoms in total. The van der Waals surface area contributed by atoms with Crippen LogP contribution in [0.4, 0.5) is 0 Å². The Morgan fingerprint density at radius 3 is 0.864 bits per heavy atom. The first kappa shape index (κ1) is 76.3. The van der Waals surface area contributed by atoms with Crippen molar-refractivity contribution in [2.75, 3.05) is 13.2 Å². The van der Waals surface area contributed by atoms with Gasteiger partial charge in [0.1, 0.15) is 13.2 Å². The maximum atomic E-state index is 12.9. The maximum Gasteiger partial charge on any atom is 0.309 e. The molecule has 0 N–H and O–H groups in total. The number of unbranched alkanes of at least 4 members (excludes halogenated alkanes) is 25. The number of allylic oxidation sites excluding steroid dienone is 23. The van der Waals surface area contributed by atoms with Crippen molar-refractivity contribution >= 4 is 17.9 Å². The van der Waals surface area contributed by atoms with Crippen molar-refractivity contribution < 1.29 is 28.6 Å². The zero-order valence-electron chi connectivity index (χ0n) is 52.5. The van der Waals surface area contributed by atoms with Gasteiger partial charge in [0.2, 0.25) is 0 Å². The molecule has 0 amide bonds. The first-order chi connectivity index (χ1) is 40.0. The van der Waals surface area contributed by atoms with Crippen LogP contribution < -0.4 is 0 Å². The molecular formula is C75H122O6. The molecule has 0 heterocycles. The number of hydrogen-bond donors (Lipinski definition) is 0. The van der Waals surface area contributed by atoms with Crippen LogP contribution in [0.2, 0.25) is 0 Å². The third-order valence-corrected chi connectivity index (χ3v) is 13.8. The molecule has 0 aromatic carbocycles. The molecule has 6 heteroatoms. The summed E-state index contributed by atoms with van der Waals surface area (Å²) in [6.45, 7) is 6.32. The van der Waals surface area contributed by atoms with Crippen molar-refractivity contribution in [3.8, 4) is 0 Å². The van der Waals surface area contributed by atoms with Gasteiger partial charge in [-0.3, -0.25) is 14.4 Å². The molecule has 0 fully saturated rings. The van der Waals surface area contributed by atoms with Gasteiger partial charge in [0.15, 0.2) is 6.10 Å². The molecule has 1 atom stereocenters. The summed E-state index contributed by atoms with van der Waals surface area (Å²) in [6, 6.07) is 0. The minimum absolute atomic E-state index is 0.117. The largest absolute Gasteiger partial charge is 0.462 e. The zero-order valence-corrected chi connectivity index (χ0v) is 52.5. The van der Waals surface area contributed by atoms with Crippen LogP contribution in [0, 0.1) is 0 Å². The van der Waals surface area contributed by atoms with Gasteiger partial charge >= 0.3 is 17.9 Å². The number of carbonyl (C=O) groups excluding carboxylic acids is 3. The van der Waals surface area contributed by atoms with Crippen molar-refractivity contribution in [3.63, 3.8) is 0 Å². The number of rotatable bonds is 59. The van der Waals surface area contributed by atoms with Crippen LogP contribution in [0.15, 0.2) is 146 Å². The Morgan fingerprint density at radius 2 is 0.531 bits per heavy atom. The fraction of sp³-hybridized carbons (Fsp3) is 0.640. The topological polar surface area (TPSA) is 78.9 Å². The SMILES string of the molecule is CC/C=C\C/C=C\C/C=C\C/C=C\C/C=C\CC(=O)OCC(COC(=O)CCCCCCCCCCCCCC/C=C\C/C=C\C/C=C\CCCCCCC)OC(=O)CCCCCCCCCC/C=C\C/C=C\C/C=C\C/C=C\CC. The van der Waals surface area contributed by atoms with E-state index in [1.807, 2.05) is 6.08 Å². The lowest BCUT2D eigenvalue weighted by atomic mass is 10.0. The van der Waals surface area contributed by atoms with E-state index in [1.165, 1.54) is 135 Å². The van der Waals surface area contributed by atoms with Crippen LogP contribution in [0.3, 0.4) is 0 Å². The van der Waals surface area contributed by atoms with Gasteiger partial charge in [-0.1, -0.05) is 295 Å². The highest BCUT2D eigenvalue weighted by atomic mass is 16.6. The average Bonchev–Trinajstić information content (AvgIpc) is 3.47. The Kier molecular flexibility index (Phi) is 63.9. The van der Waals surface area contributed by atoms with Crippen molar-refractivity contribution in [3.05, 3.63) is 146 Å². The van der Waals surface area contributed by atoms with Gasteiger partial charge in [0, 0.05) is 12.8 Å². The van der Waals surface area contributed by atoms with Gasteiger partial charge in [-0.05, 0) is 122 Å². The van der Waals surface area contributed by atoms with E-state index in [0.29, 0.717) is 12.8 Å². The van der Waals surface area contributed by atoms with Gasteiger partial charge in [0.05, 0.1) is 6.42 Å². The molecule has 0 aliphatic rings. The second-order valence-electron chi connectivity index (χ2n) is 21.6. The molecule has 0 saturated heterocycles. The predicted octanol–water partition coefficient (Wildman–Crippen LogP) is 23.1. The third kappa shape index (κ3) is 66.0. The van der Waals surface area contributed by atoms with Crippen LogP contribution in [0.1, 0.15) is 290 Å². The molecule has 458 valence electrons. The first-order valence-corrected chi connectivity index (χ1v) is 33.3. The van der Waals surface area contributed by atoms with Crippen molar-refractivity contribution in [2.24, 2.45) is 0 Å². The maximum absolute atomic E-state index is 12.9. The summed E-state index contributed by atoms with van der Waals surface area (Å²) in [6.07, 6.45) is 97.4. The third-order valence-electron chi connectivity index (χ3n) is 13.8. The van der Waals surface area contributed by atoms with E-state index in [0.717, 1.165) is 116 Å². The number of ether oxygens (including phenoxy) is 3. The lowest BCUT2D eigenvalue weighted by Gasteiger charge is -2.18. The minimum Gasteiger partial charge on any atom is -0.462 e. The molecule has 0 aliphatic carbocycles. The van der Waals surface area contributed by atoms with E-state index >= 15 is 0 Å². The molecule has 0 aliphatic heterocycles. The van der Waals surface area contributed by atoms with E-state index in [1.54, 1.807) is 6.08 Å². The minimum atomic E-state index is -0.831. The fourth-order valence-corrected chi connectivity index (χ4v) is 8.93. The van der Waals surface area contributed by atoms with Crippen LogP contribution >= 0.6 is 0 Å². The summed E-state index contributed by atoms with van der Waals surface area (Å²) in [5.41, 5.74) is 0. The van der Waals surface area contributed by atoms with Gasteiger partial charge in [-0.25, -0.2) is 0 Å². The van der Waals surface area contributed by atoms with E-state index in [2.05, 4.69) is 154 Å². The lowest BCUT2D eigenvalue weighted by molar-refractivity contribution is -0.166. The van der Waals surface area contributed by atoms with Crippen LogP contribution in [-0.2, 0) is 28.6 Å². The molecule has 0 radical (unpaired) electrons. The Hall–Kier alpha value is -4.71. The van der Waals surface area contributed by atoms with Crippen LogP contribution in [0.25, 0.3) is 0 Å². The Labute approximate surface area is 499 Å². The van der Waals surface area contributed by atoms with E-state index in [9.17, 15) is 14.4 Å². The smallest absolute Gasteiger partial charge is 0.309 e. The van der Waals surface area contributed by atoms with Gasteiger partial charge in [-0.15, -0.1) is 0 Å². The van der Waals surface area contributed by atoms with Crippen LogP contribution in [0.5, 0.6) is 0 Å². The average molecular weight is 1120 g/mol. The molecule has 0 bridgehead atoms.